The molecule has 4 aromatic heterocycles. The summed E-state index contributed by atoms with van der Waals surface area (Å²) in [5.41, 5.74) is 11.7. The van der Waals surface area contributed by atoms with Crippen LogP contribution in [-0.4, -0.2) is 61.6 Å². The SMILES string of the molecule is CC(C)(C)c1cc(-c2nnnc3c(C(F)(F)F)cccc23)cc2ccccc12.CC(C)(C)c1cc(-c2nnnc3c(F)cccc23)cc2ccccc12.Cc1cc(C)cc(-c2nnnc3c(C(F)(F)F)c4ccccc4cc23)c1.Cc1cccc2c(-c3cc(C(C)(C)C)c4ccccc4c3)nnnc12. The van der Waals surface area contributed by atoms with Gasteiger partial charge in [-0.3, -0.25) is 0 Å². The third-order valence-electron chi connectivity index (χ3n) is 18.4. The molecule has 0 aliphatic heterocycles. The molecule has 0 aliphatic carbocycles. The van der Waals surface area contributed by atoms with E-state index in [9.17, 15) is 30.7 Å². The first kappa shape index (κ1) is 70.7. The molecule has 0 spiro atoms. The monoisotopic (exact) mass is 1390 g/mol. The van der Waals surface area contributed by atoms with E-state index in [0.717, 1.165) is 83.3 Å². The number of aromatic nitrogens is 12. The van der Waals surface area contributed by atoms with Crippen molar-refractivity contribution < 1.29 is 30.7 Å². The molecule has 0 bridgehead atoms. The standard InChI is InChI=1S/C22H18F3N3.C22H21N3.C21H18FN3.C20H14F3N3/c1-21(2,3)18-12-14(11-13-7-4-5-8-15(13)18)19-16-9-6-10-17(22(23,24)25)20(16)27-28-26-19;1-14-8-7-11-18-20(14)23-25-24-21(18)16-12-15-9-5-6-10-17(15)19(13-16)22(2,3)4;1-21(2,3)17-12-14(11-13-7-4-5-8-15(13)17)19-16-9-6-10-18(22)20(16)24-25-23-19;1-11-7-12(2)9-14(8-11)18-16-10-13-5-3-4-6-15(13)17(20(21,22)23)19(16)25-26-24-18/h4-12H,1-3H3;5-13H,1-4H3;4-12H,1-3H3;3-10H,1-2H3. The summed E-state index contributed by atoms with van der Waals surface area (Å²) in [6.45, 7) is 25.6. The van der Waals surface area contributed by atoms with Gasteiger partial charge in [-0.15, -0.1) is 40.8 Å². The van der Waals surface area contributed by atoms with Crippen LogP contribution in [0.25, 0.3) is 132 Å². The topological polar surface area (TPSA) is 155 Å². The predicted molar refractivity (Wildman–Crippen MR) is 401 cm³/mol. The molecule has 0 N–H and O–H groups in total. The molecule has 19 heteroatoms. The molecule has 0 unspecified atom stereocenters. The molecule has 0 atom stereocenters. The van der Waals surface area contributed by atoms with E-state index in [1.807, 2.05) is 80.6 Å². The average Bonchev–Trinajstić information content (AvgIpc) is 0.750. The fourth-order valence-corrected chi connectivity index (χ4v) is 13.6. The summed E-state index contributed by atoms with van der Waals surface area (Å²) >= 11 is 0. The van der Waals surface area contributed by atoms with Crippen LogP contribution in [0.1, 0.15) is 107 Å². The molecular weight excluding hydrogens is 1320 g/mol. The first-order valence-electron chi connectivity index (χ1n) is 33.8. The molecule has 520 valence electrons. The fraction of sp³-hybridized carbons (Fsp3) is 0.200. The van der Waals surface area contributed by atoms with E-state index < -0.39 is 23.5 Å². The highest BCUT2D eigenvalue weighted by Crippen LogP contribution is 2.44. The zero-order valence-corrected chi connectivity index (χ0v) is 59.2. The van der Waals surface area contributed by atoms with E-state index in [1.165, 1.54) is 45.5 Å². The maximum Gasteiger partial charge on any atom is 0.419 e. The average molecular weight is 1390 g/mol. The second-order valence-electron chi connectivity index (χ2n) is 29.1. The lowest BCUT2D eigenvalue weighted by molar-refractivity contribution is -0.136. The minimum absolute atomic E-state index is 0.0306. The number of hydrogen-bond acceptors (Lipinski definition) is 12. The number of alkyl halides is 6. The van der Waals surface area contributed by atoms with Crippen LogP contribution >= 0.6 is 0 Å². The number of nitrogens with zero attached hydrogens (tertiary/aromatic N) is 12. The molecule has 12 nitrogen and oxygen atoms in total. The lowest BCUT2D eigenvalue weighted by Gasteiger charge is -2.23. The lowest BCUT2D eigenvalue weighted by atomic mass is 9.82. The number of rotatable bonds is 4. The van der Waals surface area contributed by atoms with Crippen molar-refractivity contribution in [1.29, 1.82) is 0 Å². The zero-order chi connectivity index (χ0) is 73.8. The molecule has 0 radical (unpaired) electrons. The van der Waals surface area contributed by atoms with Gasteiger partial charge in [-0.2, -0.15) is 26.3 Å². The van der Waals surface area contributed by atoms with Crippen LogP contribution < -0.4 is 0 Å². The highest BCUT2D eigenvalue weighted by atomic mass is 19.4. The third-order valence-corrected chi connectivity index (χ3v) is 18.4. The Morgan fingerprint density at radius 3 is 1.03 bits per heavy atom. The second-order valence-corrected chi connectivity index (χ2v) is 29.1. The molecule has 16 aromatic rings. The number of hydrogen-bond donors (Lipinski definition) is 0. The van der Waals surface area contributed by atoms with Crippen LogP contribution in [0.15, 0.2) is 212 Å². The van der Waals surface area contributed by atoms with Crippen LogP contribution in [0.5, 0.6) is 0 Å². The maximum absolute atomic E-state index is 14.1. The summed E-state index contributed by atoms with van der Waals surface area (Å²) in [4.78, 5) is 0. The molecular formula is C85H71F7N12. The number of halogens is 7. The number of benzene rings is 12. The van der Waals surface area contributed by atoms with E-state index in [4.69, 9.17) is 0 Å². The van der Waals surface area contributed by atoms with Crippen molar-refractivity contribution in [2.24, 2.45) is 0 Å². The lowest BCUT2D eigenvalue weighted by Crippen LogP contribution is -2.12. The van der Waals surface area contributed by atoms with E-state index in [-0.39, 0.29) is 44.0 Å². The Balaban J connectivity index is 0.000000123. The zero-order valence-electron chi connectivity index (χ0n) is 59.2. The summed E-state index contributed by atoms with van der Waals surface area (Å²) in [7, 11) is 0. The molecule has 104 heavy (non-hydrogen) atoms. The third kappa shape index (κ3) is 14.3. The molecule has 0 amide bonds. The van der Waals surface area contributed by atoms with E-state index in [2.05, 4.69) is 216 Å². The quantitative estimate of drug-likeness (QED) is 0.122. The summed E-state index contributed by atoms with van der Waals surface area (Å²) < 4.78 is 95.7. The van der Waals surface area contributed by atoms with Crippen LogP contribution in [0.2, 0.25) is 0 Å². The Kier molecular flexibility index (Phi) is 18.7. The Morgan fingerprint density at radius 1 is 0.260 bits per heavy atom. The van der Waals surface area contributed by atoms with E-state index >= 15 is 0 Å². The minimum Gasteiger partial charge on any atom is -0.205 e. The van der Waals surface area contributed by atoms with Crippen molar-refractivity contribution in [2.75, 3.05) is 0 Å². The summed E-state index contributed by atoms with van der Waals surface area (Å²) in [6, 6.07) is 66.4. The van der Waals surface area contributed by atoms with Crippen LogP contribution in [0.3, 0.4) is 0 Å². The van der Waals surface area contributed by atoms with Crippen LogP contribution in [-0.2, 0) is 28.6 Å². The van der Waals surface area contributed by atoms with Gasteiger partial charge >= 0.3 is 12.4 Å². The van der Waals surface area contributed by atoms with Gasteiger partial charge < -0.3 is 0 Å². The van der Waals surface area contributed by atoms with Crippen molar-refractivity contribution in [3.05, 3.63) is 263 Å². The van der Waals surface area contributed by atoms with E-state index in [1.54, 1.807) is 36.4 Å². The number of fused-ring (bicyclic) bond motifs is 8. The molecule has 12 aromatic carbocycles. The smallest absolute Gasteiger partial charge is 0.205 e. The summed E-state index contributed by atoms with van der Waals surface area (Å²) in [5, 5.41) is 57.4. The second kappa shape index (κ2) is 27.6. The minimum atomic E-state index is -4.55. The van der Waals surface area contributed by atoms with Gasteiger partial charge in [0, 0.05) is 43.8 Å². The van der Waals surface area contributed by atoms with Gasteiger partial charge in [-0.25, -0.2) is 4.39 Å². The molecule has 0 saturated heterocycles. The summed E-state index contributed by atoms with van der Waals surface area (Å²) in [6.07, 6.45) is -9.05. The fourth-order valence-electron chi connectivity index (χ4n) is 13.6. The molecule has 4 heterocycles. The maximum atomic E-state index is 14.1. The highest BCUT2D eigenvalue weighted by Gasteiger charge is 2.37. The van der Waals surface area contributed by atoms with Gasteiger partial charge in [0.2, 0.25) is 0 Å². The van der Waals surface area contributed by atoms with Crippen molar-refractivity contribution in [1.82, 2.24) is 61.6 Å². The Hall–Kier alpha value is -11.7. The van der Waals surface area contributed by atoms with E-state index in [0.29, 0.717) is 38.6 Å². The number of aryl methyl sites for hydroxylation is 3. The van der Waals surface area contributed by atoms with Gasteiger partial charge in [0.05, 0.1) is 16.6 Å². The Bertz CT molecular complexity index is 5800. The first-order valence-corrected chi connectivity index (χ1v) is 33.8. The van der Waals surface area contributed by atoms with Crippen LogP contribution in [0, 0.1) is 26.6 Å². The molecule has 0 fully saturated rings. The van der Waals surface area contributed by atoms with Gasteiger partial charge in [0.25, 0.3) is 0 Å². The molecule has 0 aliphatic rings. The van der Waals surface area contributed by atoms with Gasteiger partial charge in [-0.05, 0) is 190 Å². The van der Waals surface area contributed by atoms with Gasteiger partial charge in [0.15, 0.2) is 5.82 Å². The van der Waals surface area contributed by atoms with Gasteiger partial charge in [0.1, 0.15) is 39.3 Å². The normalized spacial score (nSPS) is 12.2. The van der Waals surface area contributed by atoms with Crippen LogP contribution in [0.4, 0.5) is 30.7 Å². The largest absolute Gasteiger partial charge is 0.419 e. The predicted octanol–water partition coefficient (Wildman–Crippen LogP) is 22.4. The Morgan fingerprint density at radius 2 is 0.596 bits per heavy atom. The van der Waals surface area contributed by atoms with Crippen molar-refractivity contribution in [2.45, 2.75) is 112 Å². The summed E-state index contributed by atoms with van der Waals surface area (Å²) in [5.74, 6) is -0.384. The molecule has 16 rings (SSSR count). The van der Waals surface area contributed by atoms with Gasteiger partial charge in [-0.1, -0.05) is 219 Å². The van der Waals surface area contributed by atoms with Crippen molar-refractivity contribution in [3.63, 3.8) is 0 Å². The Labute approximate surface area is 595 Å². The molecule has 0 saturated carbocycles. The highest BCUT2D eigenvalue weighted by molar-refractivity contribution is 6.06. The first-order chi connectivity index (χ1) is 49.4. The van der Waals surface area contributed by atoms with Crippen molar-refractivity contribution >= 4 is 86.7 Å². The van der Waals surface area contributed by atoms with Crippen molar-refractivity contribution in [3.8, 4) is 45.0 Å².